The molecule has 0 saturated carbocycles. The van der Waals surface area contributed by atoms with Crippen molar-refractivity contribution in [1.82, 2.24) is 5.32 Å². The van der Waals surface area contributed by atoms with E-state index in [9.17, 15) is 18.0 Å². The number of benzene rings is 3. The Morgan fingerprint density at radius 3 is 2.29 bits per heavy atom. The highest BCUT2D eigenvalue weighted by Gasteiger charge is 2.29. The van der Waals surface area contributed by atoms with Gasteiger partial charge in [0.15, 0.2) is 0 Å². The van der Waals surface area contributed by atoms with Gasteiger partial charge in [-0.25, -0.2) is 8.42 Å². The van der Waals surface area contributed by atoms with E-state index in [-0.39, 0.29) is 28.6 Å². The van der Waals surface area contributed by atoms with Crippen LogP contribution in [-0.2, 0) is 14.8 Å². The first kappa shape index (κ1) is 25.7. The van der Waals surface area contributed by atoms with E-state index in [1.54, 1.807) is 55.5 Å². The van der Waals surface area contributed by atoms with Gasteiger partial charge in [0, 0.05) is 6.54 Å². The van der Waals surface area contributed by atoms with Crippen LogP contribution in [0.3, 0.4) is 0 Å². The maximum Gasteiger partial charge on any atom is 0.264 e. The summed E-state index contributed by atoms with van der Waals surface area (Å²) in [5.74, 6) is -0.954. The van der Waals surface area contributed by atoms with Gasteiger partial charge >= 0.3 is 0 Å². The Kier molecular flexibility index (Phi) is 8.09. The molecule has 0 fully saturated rings. The highest BCUT2D eigenvalue weighted by atomic mass is 32.2. The number of rotatable bonds is 9. The molecule has 2 N–H and O–H groups in total. The van der Waals surface area contributed by atoms with Crippen LogP contribution in [-0.4, -0.2) is 33.3 Å². The fourth-order valence-electron chi connectivity index (χ4n) is 3.50. The fraction of sp³-hybridized carbons (Fsp3) is 0.185. The SMILES string of the molecule is C=CCNC(=O)c1ccccc1NC(=O)CN(c1cc(C)ccc1C)S(=O)(=O)c1ccc(C)cc1. The highest BCUT2D eigenvalue weighted by Crippen LogP contribution is 2.28. The molecule has 7 nitrogen and oxygen atoms in total. The molecule has 182 valence electrons. The van der Waals surface area contributed by atoms with Crippen LogP contribution in [0.25, 0.3) is 0 Å². The van der Waals surface area contributed by atoms with Crippen molar-refractivity contribution in [2.24, 2.45) is 0 Å². The van der Waals surface area contributed by atoms with Crippen LogP contribution in [0.1, 0.15) is 27.0 Å². The number of anilines is 2. The normalized spacial score (nSPS) is 10.9. The second-order valence-corrected chi connectivity index (χ2v) is 10.1. The number of hydrogen-bond donors (Lipinski definition) is 2. The molecule has 0 aliphatic heterocycles. The predicted molar refractivity (Wildman–Crippen MR) is 139 cm³/mol. The number of para-hydroxylation sites is 1. The molecule has 35 heavy (non-hydrogen) atoms. The molecule has 0 heterocycles. The van der Waals surface area contributed by atoms with Crippen molar-refractivity contribution < 1.29 is 18.0 Å². The Labute approximate surface area is 206 Å². The minimum Gasteiger partial charge on any atom is -0.349 e. The summed E-state index contributed by atoms with van der Waals surface area (Å²) in [6, 6.07) is 18.5. The predicted octanol–water partition coefficient (Wildman–Crippen LogP) is 4.36. The first-order valence-corrected chi connectivity index (χ1v) is 12.5. The van der Waals surface area contributed by atoms with E-state index in [0.717, 1.165) is 15.4 Å². The van der Waals surface area contributed by atoms with Gasteiger partial charge in [0.1, 0.15) is 6.54 Å². The van der Waals surface area contributed by atoms with Gasteiger partial charge in [-0.05, 0) is 62.2 Å². The Balaban J connectivity index is 1.97. The van der Waals surface area contributed by atoms with Crippen LogP contribution < -0.4 is 14.9 Å². The summed E-state index contributed by atoms with van der Waals surface area (Å²) in [5, 5.41) is 5.38. The molecule has 3 rings (SSSR count). The van der Waals surface area contributed by atoms with Crippen molar-refractivity contribution in [2.45, 2.75) is 25.7 Å². The smallest absolute Gasteiger partial charge is 0.264 e. The summed E-state index contributed by atoms with van der Waals surface area (Å²) in [5.41, 5.74) is 3.46. The molecule has 0 saturated heterocycles. The lowest BCUT2D eigenvalue weighted by Crippen LogP contribution is -2.39. The number of hydrogen-bond acceptors (Lipinski definition) is 4. The minimum absolute atomic E-state index is 0.0843. The number of carbonyl (C=O) groups excluding carboxylic acids is 2. The molecule has 3 aromatic carbocycles. The monoisotopic (exact) mass is 491 g/mol. The Morgan fingerprint density at radius 1 is 0.943 bits per heavy atom. The van der Waals surface area contributed by atoms with E-state index in [4.69, 9.17) is 0 Å². The Morgan fingerprint density at radius 2 is 1.60 bits per heavy atom. The zero-order valence-corrected chi connectivity index (χ0v) is 20.9. The Bertz CT molecular complexity index is 1350. The Hall–Kier alpha value is -3.91. The third-order valence-electron chi connectivity index (χ3n) is 5.38. The molecular formula is C27H29N3O4S. The van der Waals surface area contributed by atoms with Crippen LogP contribution in [0.5, 0.6) is 0 Å². The molecule has 0 atom stereocenters. The topological polar surface area (TPSA) is 95.6 Å². The number of nitrogens with one attached hydrogen (secondary N) is 2. The summed E-state index contributed by atoms with van der Waals surface area (Å²) in [6.45, 7) is 8.91. The summed E-state index contributed by atoms with van der Waals surface area (Å²) < 4.78 is 28.4. The fourth-order valence-corrected chi connectivity index (χ4v) is 4.97. The molecule has 3 aromatic rings. The average molecular weight is 492 g/mol. The lowest BCUT2D eigenvalue weighted by atomic mass is 10.1. The molecule has 0 unspecified atom stereocenters. The van der Waals surface area contributed by atoms with Gasteiger partial charge in [0.25, 0.3) is 15.9 Å². The van der Waals surface area contributed by atoms with Gasteiger partial charge in [-0.3, -0.25) is 13.9 Å². The summed E-state index contributed by atoms with van der Waals surface area (Å²) in [7, 11) is -4.05. The minimum atomic E-state index is -4.05. The quantitative estimate of drug-likeness (QED) is 0.435. The second-order valence-electron chi connectivity index (χ2n) is 8.21. The van der Waals surface area contributed by atoms with Crippen molar-refractivity contribution in [2.75, 3.05) is 22.7 Å². The van der Waals surface area contributed by atoms with Gasteiger partial charge in [0.2, 0.25) is 5.91 Å². The van der Waals surface area contributed by atoms with Crippen molar-refractivity contribution in [3.63, 3.8) is 0 Å². The van der Waals surface area contributed by atoms with E-state index < -0.39 is 22.5 Å². The molecule has 0 bridgehead atoms. The van der Waals surface area contributed by atoms with Crippen molar-refractivity contribution in [3.05, 3.63) is 102 Å². The molecule has 0 aliphatic carbocycles. The number of aryl methyl sites for hydroxylation is 3. The lowest BCUT2D eigenvalue weighted by Gasteiger charge is -2.26. The van der Waals surface area contributed by atoms with Gasteiger partial charge in [0.05, 0.1) is 21.8 Å². The maximum atomic E-state index is 13.7. The van der Waals surface area contributed by atoms with Crippen molar-refractivity contribution >= 4 is 33.2 Å². The van der Waals surface area contributed by atoms with Crippen LogP contribution in [0, 0.1) is 20.8 Å². The van der Waals surface area contributed by atoms with Crippen LogP contribution >= 0.6 is 0 Å². The summed E-state index contributed by atoms with van der Waals surface area (Å²) in [6.07, 6.45) is 1.55. The molecule has 0 radical (unpaired) electrons. The highest BCUT2D eigenvalue weighted by molar-refractivity contribution is 7.92. The number of sulfonamides is 1. The average Bonchev–Trinajstić information content (AvgIpc) is 2.83. The molecule has 0 aliphatic rings. The van der Waals surface area contributed by atoms with Gasteiger partial charge < -0.3 is 10.6 Å². The second kappa shape index (κ2) is 11.0. The maximum absolute atomic E-state index is 13.7. The first-order chi connectivity index (χ1) is 16.6. The van der Waals surface area contributed by atoms with E-state index in [1.807, 2.05) is 26.0 Å². The first-order valence-electron chi connectivity index (χ1n) is 11.1. The molecular weight excluding hydrogens is 462 g/mol. The van der Waals surface area contributed by atoms with Crippen LogP contribution in [0.4, 0.5) is 11.4 Å². The third kappa shape index (κ3) is 6.16. The number of carbonyl (C=O) groups is 2. The standard InChI is InChI=1S/C27H29N3O4S/c1-5-16-28-27(32)23-8-6-7-9-24(23)29-26(31)18-30(25-17-20(3)10-13-21(25)4)35(33,34)22-14-11-19(2)12-15-22/h5-15,17H,1,16,18H2,2-4H3,(H,28,32)(H,29,31). The van der Waals surface area contributed by atoms with Crippen LogP contribution in [0.2, 0.25) is 0 Å². The largest absolute Gasteiger partial charge is 0.349 e. The summed E-state index contributed by atoms with van der Waals surface area (Å²) in [4.78, 5) is 25.7. The van der Waals surface area contributed by atoms with Gasteiger partial charge in [-0.1, -0.05) is 48.0 Å². The van der Waals surface area contributed by atoms with E-state index in [1.165, 1.54) is 12.1 Å². The molecule has 2 amide bonds. The van der Waals surface area contributed by atoms with E-state index >= 15 is 0 Å². The molecule has 0 spiro atoms. The van der Waals surface area contributed by atoms with Crippen molar-refractivity contribution in [3.8, 4) is 0 Å². The number of nitrogens with zero attached hydrogens (tertiary/aromatic N) is 1. The van der Waals surface area contributed by atoms with Crippen molar-refractivity contribution in [1.29, 1.82) is 0 Å². The van der Waals surface area contributed by atoms with E-state index in [0.29, 0.717) is 11.3 Å². The van der Waals surface area contributed by atoms with Gasteiger partial charge in [-0.15, -0.1) is 6.58 Å². The third-order valence-corrected chi connectivity index (χ3v) is 7.16. The zero-order valence-electron chi connectivity index (χ0n) is 20.0. The molecule has 8 heteroatoms. The lowest BCUT2D eigenvalue weighted by molar-refractivity contribution is -0.114. The summed E-state index contributed by atoms with van der Waals surface area (Å²) >= 11 is 0. The number of amides is 2. The zero-order chi connectivity index (χ0) is 25.6. The van der Waals surface area contributed by atoms with E-state index in [2.05, 4.69) is 17.2 Å². The molecule has 0 aromatic heterocycles. The van der Waals surface area contributed by atoms with Gasteiger partial charge in [-0.2, -0.15) is 0 Å². The van der Waals surface area contributed by atoms with Crippen LogP contribution in [0.15, 0.2) is 84.3 Å².